The van der Waals surface area contributed by atoms with E-state index in [1.807, 2.05) is 24.0 Å². The number of hydrogen-bond donors (Lipinski definition) is 2. The summed E-state index contributed by atoms with van der Waals surface area (Å²) >= 11 is 0. The van der Waals surface area contributed by atoms with Crippen LogP contribution >= 0.6 is 0 Å². The Labute approximate surface area is 89.5 Å². The van der Waals surface area contributed by atoms with Gasteiger partial charge in [0.2, 0.25) is 5.91 Å². The van der Waals surface area contributed by atoms with Gasteiger partial charge in [-0.15, -0.1) is 0 Å². The molecule has 1 saturated carbocycles. The van der Waals surface area contributed by atoms with Gasteiger partial charge in [0.05, 0.1) is 0 Å². The number of nitrogens with two attached hydrogens (primary N) is 1. The van der Waals surface area contributed by atoms with Gasteiger partial charge in [0.1, 0.15) is 6.54 Å². The lowest BCUT2D eigenvalue weighted by atomic mass is 10.1. The van der Waals surface area contributed by atoms with Crippen molar-refractivity contribution in [3.8, 4) is 0 Å². The molecule has 1 atom stereocenters. The summed E-state index contributed by atoms with van der Waals surface area (Å²) in [6.45, 7) is 0.265. The molecule has 1 aromatic rings. The van der Waals surface area contributed by atoms with E-state index in [4.69, 9.17) is 5.73 Å². The first-order valence-electron chi connectivity index (χ1n) is 5.32. The Morgan fingerprint density at radius 2 is 2.47 bits per heavy atom. The van der Waals surface area contributed by atoms with Crippen LogP contribution in [0.5, 0.6) is 0 Å². The molecule has 0 bridgehead atoms. The SMILES string of the molecule is CNC(c1ccn(CC(N)=O)c1)C1CC1. The molecule has 15 heavy (non-hydrogen) atoms. The second-order valence-corrected chi connectivity index (χ2v) is 4.19. The largest absolute Gasteiger partial charge is 0.368 e. The first-order chi connectivity index (χ1) is 7.20. The van der Waals surface area contributed by atoms with E-state index in [0.29, 0.717) is 6.04 Å². The highest BCUT2D eigenvalue weighted by molar-refractivity contribution is 5.73. The van der Waals surface area contributed by atoms with Crippen molar-refractivity contribution in [3.63, 3.8) is 0 Å². The van der Waals surface area contributed by atoms with Gasteiger partial charge in [-0.05, 0) is 37.4 Å². The van der Waals surface area contributed by atoms with Crippen molar-refractivity contribution >= 4 is 5.91 Å². The quantitative estimate of drug-likeness (QED) is 0.744. The number of carbonyl (C=O) groups is 1. The first kappa shape index (κ1) is 10.2. The van der Waals surface area contributed by atoms with Crippen LogP contribution in [0.3, 0.4) is 0 Å². The fourth-order valence-electron chi connectivity index (χ4n) is 2.03. The number of rotatable bonds is 5. The van der Waals surface area contributed by atoms with Crippen LogP contribution in [0.4, 0.5) is 0 Å². The van der Waals surface area contributed by atoms with Crippen LogP contribution in [-0.2, 0) is 11.3 Å². The Morgan fingerprint density at radius 1 is 1.73 bits per heavy atom. The molecule has 0 radical (unpaired) electrons. The molecular weight excluding hydrogens is 190 g/mol. The van der Waals surface area contributed by atoms with Crippen LogP contribution in [0, 0.1) is 5.92 Å². The van der Waals surface area contributed by atoms with Crippen molar-refractivity contribution in [1.29, 1.82) is 0 Å². The van der Waals surface area contributed by atoms with E-state index in [-0.39, 0.29) is 12.5 Å². The van der Waals surface area contributed by atoms with E-state index in [2.05, 4.69) is 11.4 Å². The summed E-state index contributed by atoms with van der Waals surface area (Å²) in [4.78, 5) is 10.7. The number of primary amides is 1. The van der Waals surface area contributed by atoms with Crippen molar-refractivity contribution in [2.75, 3.05) is 7.05 Å². The maximum Gasteiger partial charge on any atom is 0.237 e. The maximum atomic E-state index is 10.7. The van der Waals surface area contributed by atoms with Gasteiger partial charge >= 0.3 is 0 Å². The zero-order chi connectivity index (χ0) is 10.8. The number of aromatic nitrogens is 1. The van der Waals surface area contributed by atoms with Gasteiger partial charge in [0.25, 0.3) is 0 Å². The minimum Gasteiger partial charge on any atom is -0.368 e. The second-order valence-electron chi connectivity index (χ2n) is 4.19. The molecule has 1 aliphatic rings. The van der Waals surface area contributed by atoms with Crippen LogP contribution in [0.25, 0.3) is 0 Å². The highest BCUT2D eigenvalue weighted by atomic mass is 16.1. The average Bonchev–Trinajstić information content (AvgIpc) is 2.89. The average molecular weight is 207 g/mol. The molecule has 1 fully saturated rings. The van der Waals surface area contributed by atoms with Crippen molar-refractivity contribution in [2.24, 2.45) is 11.7 Å². The number of hydrogen-bond acceptors (Lipinski definition) is 2. The number of amides is 1. The van der Waals surface area contributed by atoms with E-state index >= 15 is 0 Å². The first-order valence-corrected chi connectivity index (χ1v) is 5.32. The molecule has 0 saturated heterocycles. The Morgan fingerprint density at radius 3 is 3.00 bits per heavy atom. The van der Waals surface area contributed by atoms with Gasteiger partial charge in [0, 0.05) is 18.4 Å². The van der Waals surface area contributed by atoms with E-state index in [9.17, 15) is 4.79 Å². The van der Waals surface area contributed by atoms with Crippen LogP contribution in [0.2, 0.25) is 0 Å². The Kier molecular flexibility index (Phi) is 2.77. The smallest absolute Gasteiger partial charge is 0.237 e. The normalized spacial score (nSPS) is 17.7. The standard InChI is InChI=1S/C11H17N3O/c1-13-11(8-2-3-8)9-4-5-14(6-9)7-10(12)15/h4-6,8,11,13H,2-3,7H2,1H3,(H2,12,15). The summed E-state index contributed by atoms with van der Waals surface area (Å²) in [5.41, 5.74) is 6.39. The lowest BCUT2D eigenvalue weighted by Crippen LogP contribution is -2.19. The third-order valence-corrected chi connectivity index (χ3v) is 2.88. The molecule has 1 aliphatic carbocycles. The van der Waals surface area contributed by atoms with Crippen LogP contribution in [0.1, 0.15) is 24.4 Å². The van der Waals surface area contributed by atoms with Gasteiger partial charge < -0.3 is 15.6 Å². The molecule has 0 spiro atoms. The van der Waals surface area contributed by atoms with Gasteiger partial charge in [-0.3, -0.25) is 4.79 Å². The minimum absolute atomic E-state index is 0.265. The monoisotopic (exact) mass is 207 g/mol. The Balaban J connectivity index is 2.07. The molecule has 1 unspecified atom stereocenters. The highest BCUT2D eigenvalue weighted by Gasteiger charge is 2.31. The number of carbonyl (C=O) groups excluding carboxylic acids is 1. The topological polar surface area (TPSA) is 60.1 Å². The van der Waals surface area contributed by atoms with Crippen LogP contribution < -0.4 is 11.1 Å². The summed E-state index contributed by atoms with van der Waals surface area (Å²) in [7, 11) is 1.98. The summed E-state index contributed by atoms with van der Waals surface area (Å²) < 4.78 is 1.84. The molecular formula is C11H17N3O. The predicted octanol–water partition coefficient (Wildman–Crippen LogP) is 0.644. The summed E-state index contributed by atoms with van der Waals surface area (Å²) in [6.07, 6.45) is 6.51. The Hall–Kier alpha value is -1.29. The third-order valence-electron chi connectivity index (χ3n) is 2.88. The van der Waals surface area contributed by atoms with Gasteiger partial charge in [-0.2, -0.15) is 0 Å². The fraction of sp³-hybridized carbons (Fsp3) is 0.545. The van der Waals surface area contributed by atoms with E-state index in [1.165, 1.54) is 18.4 Å². The molecule has 3 N–H and O–H groups in total. The van der Waals surface area contributed by atoms with Crippen molar-refractivity contribution < 1.29 is 4.79 Å². The van der Waals surface area contributed by atoms with Gasteiger partial charge in [-0.1, -0.05) is 0 Å². The third kappa shape index (κ3) is 2.39. The predicted molar refractivity (Wildman–Crippen MR) is 58.2 cm³/mol. The molecule has 1 aromatic heterocycles. The van der Waals surface area contributed by atoms with Gasteiger partial charge in [-0.25, -0.2) is 0 Å². The summed E-state index contributed by atoms with van der Waals surface area (Å²) in [5, 5.41) is 3.32. The zero-order valence-electron chi connectivity index (χ0n) is 8.94. The van der Waals surface area contributed by atoms with E-state index in [0.717, 1.165) is 5.92 Å². The molecule has 1 heterocycles. The molecule has 4 nitrogen and oxygen atoms in total. The van der Waals surface area contributed by atoms with E-state index in [1.54, 1.807) is 0 Å². The molecule has 2 rings (SSSR count). The fourth-order valence-corrected chi connectivity index (χ4v) is 2.03. The summed E-state index contributed by atoms with van der Waals surface area (Å²) in [5.74, 6) is 0.462. The van der Waals surface area contributed by atoms with Crippen LogP contribution in [-0.4, -0.2) is 17.5 Å². The van der Waals surface area contributed by atoms with Crippen molar-refractivity contribution in [1.82, 2.24) is 9.88 Å². The lowest BCUT2D eigenvalue weighted by molar-refractivity contribution is -0.118. The lowest BCUT2D eigenvalue weighted by Gasteiger charge is -2.13. The second kappa shape index (κ2) is 4.06. The molecule has 4 heteroatoms. The van der Waals surface area contributed by atoms with Crippen molar-refractivity contribution in [2.45, 2.75) is 25.4 Å². The maximum absolute atomic E-state index is 10.7. The molecule has 0 aromatic carbocycles. The molecule has 82 valence electrons. The highest BCUT2D eigenvalue weighted by Crippen LogP contribution is 2.40. The van der Waals surface area contributed by atoms with Crippen molar-refractivity contribution in [3.05, 3.63) is 24.0 Å². The molecule has 1 amide bonds. The zero-order valence-corrected chi connectivity index (χ0v) is 8.94. The number of nitrogens with zero attached hydrogens (tertiary/aromatic N) is 1. The van der Waals surface area contributed by atoms with Gasteiger partial charge in [0.15, 0.2) is 0 Å². The number of nitrogens with one attached hydrogen (secondary N) is 1. The van der Waals surface area contributed by atoms with Crippen LogP contribution in [0.15, 0.2) is 18.5 Å². The van der Waals surface area contributed by atoms with E-state index < -0.39 is 0 Å². The molecule has 0 aliphatic heterocycles. The minimum atomic E-state index is -0.301. The summed E-state index contributed by atoms with van der Waals surface area (Å²) in [6, 6.07) is 2.49. The Bertz CT molecular complexity index is 354.